The molecule has 0 aromatic carbocycles. The van der Waals surface area contributed by atoms with Crippen molar-refractivity contribution in [3.8, 4) is 17.4 Å². The van der Waals surface area contributed by atoms with Gasteiger partial charge < -0.3 is 19.2 Å². The fraction of sp³-hybridized carbons (Fsp3) is 0.267. The third-order valence-corrected chi connectivity index (χ3v) is 4.52. The largest absolute Gasteiger partial charge is 0.493 e. The summed E-state index contributed by atoms with van der Waals surface area (Å²) in [6.07, 6.45) is 1.58. The third kappa shape index (κ3) is 4.12. The Morgan fingerprint density at radius 1 is 1.08 bits per heavy atom. The maximum atomic E-state index is 12.6. The van der Waals surface area contributed by atoms with Crippen molar-refractivity contribution in [3.63, 3.8) is 0 Å². The summed E-state index contributed by atoms with van der Waals surface area (Å²) in [5, 5.41) is 0.317. The van der Waals surface area contributed by atoms with Crippen molar-refractivity contribution in [1.29, 1.82) is 0 Å². The third-order valence-electron chi connectivity index (χ3n) is 3.36. The van der Waals surface area contributed by atoms with E-state index in [0.29, 0.717) is 39.4 Å². The SMILES string of the molecule is COc1ccc2[nH]c(S(=O)Cc3nccc(OC)c3OC)nc2n1.[Na]. The van der Waals surface area contributed by atoms with Gasteiger partial charge in [-0.3, -0.25) is 9.19 Å². The second-order valence-corrected chi connectivity index (χ2v) is 6.12. The zero-order valence-corrected chi connectivity index (χ0v) is 17.2. The van der Waals surface area contributed by atoms with Gasteiger partial charge in [0.2, 0.25) is 5.88 Å². The summed E-state index contributed by atoms with van der Waals surface area (Å²) < 4.78 is 28.2. The number of imidazole rings is 1. The van der Waals surface area contributed by atoms with Crippen molar-refractivity contribution in [1.82, 2.24) is 19.9 Å². The number of aromatic amines is 1. The molecule has 0 amide bonds. The van der Waals surface area contributed by atoms with E-state index in [1.54, 1.807) is 24.4 Å². The maximum Gasteiger partial charge on any atom is 0.215 e. The molecule has 3 rings (SSSR count). The van der Waals surface area contributed by atoms with Crippen molar-refractivity contribution in [2.75, 3.05) is 21.3 Å². The summed E-state index contributed by atoms with van der Waals surface area (Å²) in [5.74, 6) is 1.58. The number of rotatable bonds is 6. The molecule has 0 bridgehead atoms. The van der Waals surface area contributed by atoms with Gasteiger partial charge in [0.1, 0.15) is 0 Å². The molecular weight excluding hydrogens is 355 g/mol. The summed E-state index contributed by atoms with van der Waals surface area (Å²) >= 11 is 0. The Morgan fingerprint density at radius 2 is 1.88 bits per heavy atom. The van der Waals surface area contributed by atoms with Crippen molar-refractivity contribution in [3.05, 3.63) is 30.1 Å². The van der Waals surface area contributed by atoms with Crippen LogP contribution in [0.3, 0.4) is 0 Å². The van der Waals surface area contributed by atoms with E-state index in [0.717, 1.165) is 0 Å². The first-order chi connectivity index (χ1) is 11.7. The van der Waals surface area contributed by atoms with Crippen LogP contribution in [0.5, 0.6) is 17.4 Å². The van der Waals surface area contributed by atoms with E-state index in [1.807, 2.05) is 0 Å². The summed E-state index contributed by atoms with van der Waals surface area (Å²) in [5.41, 5.74) is 1.66. The van der Waals surface area contributed by atoms with Crippen LogP contribution in [0.2, 0.25) is 0 Å². The van der Waals surface area contributed by atoms with Gasteiger partial charge in [0.25, 0.3) is 0 Å². The van der Waals surface area contributed by atoms with Gasteiger partial charge in [-0.05, 0) is 6.07 Å². The van der Waals surface area contributed by atoms with Gasteiger partial charge in [-0.25, -0.2) is 4.98 Å². The van der Waals surface area contributed by atoms with Crippen LogP contribution in [-0.2, 0) is 16.6 Å². The molecule has 0 aliphatic rings. The Labute approximate surface area is 169 Å². The second kappa shape index (κ2) is 8.61. The molecular formula is C15H16N4NaO4S. The van der Waals surface area contributed by atoms with Gasteiger partial charge in [0.05, 0.1) is 49.1 Å². The second-order valence-electron chi connectivity index (χ2n) is 4.75. The molecule has 0 aliphatic carbocycles. The molecule has 1 N–H and O–H groups in total. The van der Waals surface area contributed by atoms with Crippen LogP contribution in [0, 0.1) is 0 Å². The van der Waals surface area contributed by atoms with Crippen LogP contribution in [0.15, 0.2) is 29.6 Å². The number of hydrogen-bond donors (Lipinski definition) is 1. The Bertz CT molecular complexity index is 902. The molecule has 0 saturated heterocycles. The van der Waals surface area contributed by atoms with E-state index >= 15 is 0 Å². The fourth-order valence-corrected chi connectivity index (χ4v) is 3.22. The molecule has 10 heteroatoms. The molecule has 3 heterocycles. The Morgan fingerprint density at radius 3 is 2.56 bits per heavy atom. The van der Waals surface area contributed by atoms with Crippen molar-refractivity contribution >= 4 is 51.5 Å². The first kappa shape index (κ1) is 19.6. The average molecular weight is 371 g/mol. The molecule has 3 aromatic rings. The average Bonchev–Trinajstić information content (AvgIpc) is 3.04. The van der Waals surface area contributed by atoms with Crippen LogP contribution in [-0.4, -0.2) is 75.0 Å². The molecule has 0 spiro atoms. The number of hydrogen-bond acceptors (Lipinski definition) is 7. The summed E-state index contributed by atoms with van der Waals surface area (Å²) in [6.45, 7) is 0. The first-order valence-corrected chi connectivity index (χ1v) is 8.33. The van der Waals surface area contributed by atoms with Gasteiger partial charge in [0.15, 0.2) is 22.3 Å². The van der Waals surface area contributed by atoms with Gasteiger partial charge in [0, 0.05) is 47.9 Å². The van der Waals surface area contributed by atoms with Gasteiger partial charge in [-0.2, -0.15) is 4.98 Å². The Kier molecular flexibility index (Phi) is 6.77. The van der Waals surface area contributed by atoms with Crippen molar-refractivity contribution in [2.45, 2.75) is 10.9 Å². The van der Waals surface area contributed by atoms with Crippen molar-refractivity contribution < 1.29 is 18.4 Å². The zero-order valence-electron chi connectivity index (χ0n) is 14.4. The van der Waals surface area contributed by atoms with Crippen LogP contribution in [0.1, 0.15) is 5.69 Å². The van der Waals surface area contributed by atoms with E-state index in [1.165, 1.54) is 21.3 Å². The van der Waals surface area contributed by atoms with E-state index in [4.69, 9.17) is 14.2 Å². The summed E-state index contributed by atoms with van der Waals surface area (Å²) in [4.78, 5) is 15.7. The standard InChI is InChI=1S/C15H16N4O4S.Na/c1-21-11-6-7-16-10(13(11)23-3)8-24(20)15-17-9-4-5-12(22-2)18-14(9)19-15;/h4-7H,8H2,1-3H3,(H,17,18,19);. The van der Waals surface area contributed by atoms with Crippen LogP contribution in [0.4, 0.5) is 0 Å². The number of methoxy groups -OCH3 is 3. The van der Waals surface area contributed by atoms with Gasteiger partial charge in [-0.1, -0.05) is 0 Å². The van der Waals surface area contributed by atoms with Gasteiger partial charge in [-0.15, -0.1) is 0 Å². The molecule has 0 saturated carbocycles. The first-order valence-electron chi connectivity index (χ1n) is 7.01. The maximum absolute atomic E-state index is 12.6. The minimum absolute atomic E-state index is 0. The summed E-state index contributed by atoms with van der Waals surface area (Å²) in [6, 6.07) is 5.17. The Hall–Kier alpha value is -1.68. The van der Waals surface area contributed by atoms with Crippen LogP contribution in [0.25, 0.3) is 11.2 Å². The van der Waals surface area contributed by atoms with E-state index in [9.17, 15) is 4.21 Å². The molecule has 1 unspecified atom stereocenters. The van der Waals surface area contributed by atoms with Gasteiger partial charge >= 0.3 is 0 Å². The minimum Gasteiger partial charge on any atom is -0.493 e. The Balaban J connectivity index is 0.00000225. The predicted molar refractivity (Wildman–Crippen MR) is 93.6 cm³/mol. The zero-order chi connectivity index (χ0) is 17.1. The van der Waals surface area contributed by atoms with E-state index in [-0.39, 0.29) is 35.3 Å². The number of nitrogens with zero attached hydrogens (tertiary/aromatic N) is 3. The molecule has 1 atom stereocenters. The fourth-order valence-electron chi connectivity index (χ4n) is 2.22. The molecule has 8 nitrogen and oxygen atoms in total. The van der Waals surface area contributed by atoms with Crippen LogP contribution >= 0.6 is 0 Å². The number of pyridine rings is 2. The smallest absolute Gasteiger partial charge is 0.215 e. The molecule has 0 aliphatic heterocycles. The van der Waals surface area contributed by atoms with E-state index < -0.39 is 10.8 Å². The van der Waals surface area contributed by atoms with Crippen molar-refractivity contribution in [2.24, 2.45) is 0 Å². The normalized spacial score (nSPS) is 11.6. The number of nitrogens with one attached hydrogen (secondary N) is 1. The number of aromatic nitrogens is 4. The molecule has 0 fully saturated rings. The topological polar surface area (TPSA) is 99.2 Å². The molecule has 25 heavy (non-hydrogen) atoms. The number of fused-ring (bicyclic) bond motifs is 1. The quantitative estimate of drug-likeness (QED) is 0.652. The molecule has 1 radical (unpaired) electrons. The summed E-state index contributed by atoms with van der Waals surface area (Å²) in [7, 11) is 3.14. The number of H-pyrrole nitrogens is 1. The monoisotopic (exact) mass is 371 g/mol. The minimum atomic E-state index is -1.44. The molecule has 127 valence electrons. The van der Waals surface area contributed by atoms with Crippen LogP contribution < -0.4 is 14.2 Å². The molecule has 3 aromatic heterocycles. The van der Waals surface area contributed by atoms with E-state index in [2.05, 4.69) is 19.9 Å². The number of ether oxygens (including phenoxy) is 3. The predicted octanol–water partition coefficient (Wildman–Crippen LogP) is 1.31.